The lowest BCUT2D eigenvalue weighted by molar-refractivity contribution is 0.155. The van der Waals surface area contributed by atoms with E-state index in [1.54, 1.807) is 12.1 Å². The van der Waals surface area contributed by atoms with E-state index in [-0.39, 0.29) is 5.82 Å². The summed E-state index contributed by atoms with van der Waals surface area (Å²) in [6, 6.07) is 5.79. The minimum absolute atomic E-state index is 0.119. The van der Waals surface area contributed by atoms with Crippen LogP contribution in [0.2, 0.25) is 0 Å². The molecule has 3 rings (SSSR count). The van der Waals surface area contributed by atoms with Gasteiger partial charge in [-0.25, -0.2) is 4.39 Å². The van der Waals surface area contributed by atoms with Crippen molar-refractivity contribution in [2.45, 2.75) is 25.8 Å². The van der Waals surface area contributed by atoms with E-state index in [0.29, 0.717) is 6.04 Å². The van der Waals surface area contributed by atoms with Crippen LogP contribution >= 0.6 is 0 Å². The first-order valence-corrected chi connectivity index (χ1v) is 6.96. The molecule has 2 nitrogen and oxygen atoms in total. The second-order valence-corrected chi connectivity index (χ2v) is 5.57. The molecule has 1 N–H and O–H groups in total. The van der Waals surface area contributed by atoms with Crippen LogP contribution in [-0.2, 0) is 0 Å². The van der Waals surface area contributed by atoms with Gasteiger partial charge in [0.15, 0.2) is 0 Å². The van der Waals surface area contributed by atoms with Crippen molar-refractivity contribution in [3.05, 3.63) is 35.1 Å². The summed E-state index contributed by atoms with van der Waals surface area (Å²) < 4.78 is 13.2. The van der Waals surface area contributed by atoms with Gasteiger partial charge in [0, 0.05) is 32.2 Å². The highest BCUT2D eigenvalue weighted by Crippen LogP contribution is 2.45. The van der Waals surface area contributed by atoms with Crippen molar-refractivity contribution in [1.82, 2.24) is 10.2 Å². The van der Waals surface area contributed by atoms with Crippen LogP contribution in [-0.4, -0.2) is 31.1 Å². The Morgan fingerprint density at radius 3 is 2.61 bits per heavy atom. The van der Waals surface area contributed by atoms with E-state index in [9.17, 15) is 4.39 Å². The van der Waals surface area contributed by atoms with Gasteiger partial charge in [-0.2, -0.15) is 0 Å². The third-order valence-corrected chi connectivity index (χ3v) is 4.16. The molecule has 0 spiro atoms. The maximum atomic E-state index is 13.2. The van der Waals surface area contributed by atoms with Crippen LogP contribution in [0.5, 0.6) is 0 Å². The van der Waals surface area contributed by atoms with Crippen LogP contribution in [0.4, 0.5) is 4.39 Å². The summed E-state index contributed by atoms with van der Waals surface area (Å²) in [6.07, 6.45) is 2.65. The predicted octanol–water partition coefficient (Wildman–Crippen LogP) is 2.49. The van der Waals surface area contributed by atoms with E-state index >= 15 is 0 Å². The van der Waals surface area contributed by atoms with Crippen LogP contribution < -0.4 is 5.32 Å². The normalized spacial score (nSPS) is 23.0. The van der Waals surface area contributed by atoms with Gasteiger partial charge in [0.25, 0.3) is 0 Å². The summed E-state index contributed by atoms with van der Waals surface area (Å²) in [5, 5.41) is 3.40. The molecule has 1 saturated heterocycles. The molecule has 0 amide bonds. The van der Waals surface area contributed by atoms with Gasteiger partial charge in [-0.15, -0.1) is 0 Å². The lowest BCUT2D eigenvalue weighted by Gasteiger charge is -2.36. The summed E-state index contributed by atoms with van der Waals surface area (Å²) in [5.41, 5.74) is 2.44. The highest BCUT2D eigenvalue weighted by molar-refractivity contribution is 5.31. The minimum Gasteiger partial charge on any atom is -0.314 e. The van der Waals surface area contributed by atoms with Gasteiger partial charge in [-0.3, -0.25) is 4.90 Å². The topological polar surface area (TPSA) is 15.3 Å². The third kappa shape index (κ3) is 2.43. The average molecular weight is 248 g/mol. The first kappa shape index (κ1) is 12.1. The van der Waals surface area contributed by atoms with Crippen molar-refractivity contribution in [2.24, 2.45) is 5.92 Å². The molecular weight excluding hydrogens is 227 g/mol. The lowest BCUT2D eigenvalue weighted by atomic mass is 9.95. The number of nitrogens with zero attached hydrogens (tertiary/aromatic N) is 1. The predicted molar refractivity (Wildman–Crippen MR) is 71.0 cm³/mol. The van der Waals surface area contributed by atoms with E-state index in [0.717, 1.165) is 37.7 Å². The molecule has 1 aromatic rings. The van der Waals surface area contributed by atoms with Crippen molar-refractivity contribution < 1.29 is 4.39 Å². The molecule has 98 valence electrons. The molecule has 0 bridgehead atoms. The monoisotopic (exact) mass is 248 g/mol. The Morgan fingerprint density at radius 1 is 1.28 bits per heavy atom. The molecule has 18 heavy (non-hydrogen) atoms. The number of aryl methyl sites for hydroxylation is 1. The van der Waals surface area contributed by atoms with E-state index in [1.165, 1.54) is 18.4 Å². The Morgan fingerprint density at radius 2 is 2.00 bits per heavy atom. The molecular formula is C15H21FN2. The summed E-state index contributed by atoms with van der Waals surface area (Å²) >= 11 is 0. The second kappa shape index (κ2) is 4.98. The van der Waals surface area contributed by atoms with Gasteiger partial charge in [0.1, 0.15) is 5.82 Å². The largest absolute Gasteiger partial charge is 0.314 e. The molecule has 0 radical (unpaired) electrons. The summed E-state index contributed by atoms with van der Waals surface area (Å²) in [5.74, 6) is 0.665. The fraction of sp³-hybridized carbons (Fsp3) is 0.600. The van der Waals surface area contributed by atoms with Crippen molar-refractivity contribution in [3.63, 3.8) is 0 Å². The molecule has 0 aromatic heterocycles. The number of piperazine rings is 1. The fourth-order valence-corrected chi connectivity index (χ4v) is 3.09. The quantitative estimate of drug-likeness (QED) is 0.884. The maximum Gasteiger partial charge on any atom is 0.123 e. The lowest BCUT2D eigenvalue weighted by Crippen LogP contribution is -2.45. The van der Waals surface area contributed by atoms with Crippen LogP contribution in [0.3, 0.4) is 0 Å². The van der Waals surface area contributed by atoms with Crippen molar-refractivity contribution in [2.75, 3.05) is 26.2 Å². The molecule has 1 saturated carbocycles. The fourth-order valence-electron chi connectivity index (χ4n) is 3.09. The van der Waals surface area contributed by atoms with Crippen LogP contribution in [0, 0.1) is 18.7 Å². The SMILES string of the molecule is Cc1cc(F)ccc1[C@H](C1CC1)N1CCNCC1. The molecule has 1 aromatic carbocycles. The van der Waals surface area contributed by atoms with Crippen molar-refractivity contribution in [3.8, 4) is 0 Å². The molecule has 2 aliphatic rings. The van der Waals surface area contributed by atoms with Crippen LogP contribution in [0.25, 0.3) is 0 Å². The summed E-state index contributed by atoms with van der Waals surface area (Å²) in [4.78, 5) is 2.58. The smallest absolute Gasteiger partial charge is 0.123 e. The number of nitrogens with one attached hydrogen (secondary N) is 1. The molecule has 1 aliphatic heterocycles. The second-order valence-electron chi connectivity index (χ2n) is 5.57. The van der Waals surface area contributed by atoms with Gasteiger partial charge in [-0.1, -0.05) is 6.07 Å². The van der Waals surface area contributed by atoms with E-state index < -0.39 is 0 Å². The molecule has 3 heteroatoms. The van der Waals surface area contributed by atoms with Crippen molar-refractivity contribution >= 4 is 0 Å². The summed E-state index contributed by atoms with van der Waals surface area (Å²) in [7, 11) is 0. The highest BCUT2D eigenvalue weighted by Gasteiger charge is 2.37. The molecule has 0 unspecified atom stereocenters. The average Bonchev–Trinajstić information content (AvgIpc) is 3.18. The zero-order chi connectivity index (χ0) is 12.5. The molecule has 1 heterocycles. The van der Waals surface area contributed by atoms with Gasteiger partial charge >= 0.3 is 0 Å². The van der Waals surface area contributed by atoms with E-state index in [2.05, 4.69) is 10.2 Å². The van der Waals surface area contributed by atoms with Gasteiger partial charge in [0.05, 0.1) is 0 Å². The minimum atomic E-state index is -0.119. The number of hydrogen-bond donors (Lipinski definition) is 1. The molecule has 1 aliphatic carbocycles. The standard InChI is InChI=1S/C15H21FN2/c1-11-10-13(16)4-5-14(11)15(12-2-3-12)18-8-6-17-7-9-18/h4-5,10,12,15,17H,2-3,6-9H2,1H3/t15-/m0/s1. The highest BCUT2D eigenvalue weighted by atomic mass is 19.1. The first-order valence-electron chi connectivity index (χ1n) is 6.96. The van der Waals surface area contributed by atoms with E-state index in [4.69, 9.17) is 0 Å². The number of benzene rings is 1. The van der Waals surface area contributed by atoms with Crippen LogP contribution in [0.1, 0.15) is 30.0 Å². The Labute approximate surface area is 108 Å². The van der Waals surface area contributed by atoms with Crippen molar-refractivity contribution in [1.29, 1.82) is 0 Å². The Bertz CT molecular complexity index is 423. The van der Waals surface area contributed by atoms with Gasteiger partial charge < -0.3 is 5.32 Å². The van der Waals surface area contributed by atoms with E-state index in [1.807, 2.05) is 13.0 Å². The molecule has 2 fully saturated rings. The third-order valence-electron chi connectivity index (χ3n) is 4.16. The number of halogens is 1. The summed E-state index contributed by atoms with van der Waals surface area (Å²) in [6.45, 7) is 6.40. The van der Waals surface area contributed by atoms with Gasteiger partial charge in [0.2, 0.25) is 0 Å². The Hall–Kier alpha value is -0.930. The molecule has 1 atom stereocenters. The number of hydrogen-bond acceptors (Lipinski definition) is 2. The first-order chi connectivity index (χ1) is 8.75. The van der Waals surface area contributed by atoms with Gasteiger partial charge in [-0.05, 0) is 48.9 Å². The zero-order valence-corrected chi connectivity index (χ0v) is 11.0. The Balaban J connectivity index is 1.88. The van der Waals surface area contributed by atoms with Crippen LogP contribution in [0.15, 0.2) is 18.2 Å². The Kier molecular flexibility index (Phi) is 3.35. The maximum absolute atomic E-state index is 13.2. The zero-order valence-electron chi connectivity index (χ0n) is 11.0. The number of rotatable bonds is 3.